The molecule has 3 rings (SSSR count). The monoisotopic (exact) mass is 536 g/mol. The van der Waals surface area contributed by atoms with Crippen LogP contribution in [-0.2, 0) is 37.1 Å². The molecule has 212 valence electrons. The van der Waals surface area contributed by atoms with Gasteiger partial charge in [-0.25, -0.2) is 0 Å². The van der Waals surface area contributed by atoms with Gasteiger partial charge in [0.2, 0.25) is 0 Å². The van der Waals surface area contributed by atoms with Gasteiger partial charge in [0.15, 0.2) is 0 Å². The summed E-state index contributed by atoms with van der Waals surface area (Å²) in [5, 5.41) is 2.30. The van der Waals surface area contributed by atoms with E-state index in [0.29, 0.717) is 6.16 Å². The second-order valence-electron chi connectivity index (χ2n) is 17.9. The molecule has 0 aromatic heterocycles. The first-order valence-corrected chi connectivity index (χ1v) is 16.5. The number of hydrogen-bond donors (Lipinski definition) is 0. The zero-order valence-electron chi connectivity index (χ0n) is 27.9. The van der Waals surface area contributed by atoms with Crippen LogP contribution in [0, 0.1) is 0 Å². The highest BCUT2D eigenvalue weighted by Gasteiger charge is 2.51. The third-order valence-electron chi connectivity index (χ3n) is 8.45. The largest absolute Gasteiger partial charge is 0.314 e. The Morgan fingerprint density at radius 1 is 0.526 bits per heavy atom. The van der Waals surface area contributed by atoms with Crippen molar-refractivity contribution in [3.05, 3.63) is 57.6 Å². The van der Waals surface area contributed by atoms with Crippen LogP contribution in [0.25, 0.3) is 0 Å². The van der Waals surface area contributed by atoms with Gasteiger partial charge in [-0.1, -0.05) is 142 Å². The third-order valence-corrected chi connectivity index (χ3v) is 12.1. The Kier molecular flexibility index (Phi) is 7.25. The minimum absolute atomic E-state index is 0.0120. The van der Waals surface area contributed by atoms with E-state index in [0.717, 1.165) is 10.6 Å². The summed E-state index contributed by atoms with van der Waals surface area (Å²) >= 11 is 0. The van der Waals surface area contributed by atoms with E-state index in [4.69, 9.17) is 0 Å². The molecule has 1 nitrogen and oxygen atoms in total. The van der Waals surface area contributed by atoms with Crippen LogP contribution >= 0.6 is 7.14 Å². The van der Waals surface area contributed by atoms with Crippen molar-refractivity contribution in [1.29, 1.82) is 0 Å². The zero-order chi connectivity index (χ0) is 29.7. The fourth-order valence-corrected chi connectivity index (χ4v) is 11.0. The van der Waals surface area contributed by atoms with Crippen LogP contribution in [-0.4, -0.2) is 6.16 Å². The molecular weight excluding hydrogens is 479 g/mol. The van der Waals surface area contributed by atoms with Crippen molar-refractivity contribution in [1.82, 2.24) is 0 Å². The number of hydrogen-bond acceptors (Lipinski definition) is 1. The number of benzene rings is 2. The number of rotatable bonds is 1. The van der Waals surface area contributed by atoms with Gasteiger partial charge in [-0.05, 0) is 65.9 Å². The molecule has 1 aliphatic heterocycles. The van der Waals surface area contributed by atoms with Gasteiger partial charge in [0, 0.05) is 16.8 Å². The standard InChI is InChI=1S/C36H57OP/c1-31(2,3)23-18-25(33(7,8)9)29(26(19-23)34(10,11)12)38(37)22-36(16,17)28-21-24(32(4,5)6)20-27(30(28)38)35(13,14)15/h18-21H,22H2,1-17H3. The van der Waals surface area contributed by atoms with E-state index >= 15 is 4.57 Å². The van der Waals surface area contributed by atoms with Gasteiger partial charge in [0.25, 0.3) is 0 Å². The van der Waals surface area contributed by atoms with Gasteiger partial charge >= 0.3 is 0 Å². The van der Waals surface area contributed by atoms with Crippen LogP contribution in [0.2, 0.25) is 0 Å². The van der Waals surface area contributed by atoms with E-state index in [9.17, 15) is 0 Å². The first-order chi connectivity index (χ1) is 16.6. The first-order valence-electron chi connectivity index (χ1n) is 14.6. The maximum absolute atomic E-state index is 16.2. The molecule has 0 amide bonds. The predicted molar refractivity (Wildman–Crippen MR) is 171 cm³/mol. The van der Waals surface area contributed by atoms with Crippen molar-refractivity contribution < 1.29 is 4.57 Å². The van der Waals surface area contributed by atoms with Crippen molar-refractivity contribution in [3.63, 3.8) is 0 Å². The predicted octanol–water partition coefficient (Wildman–Crippen LogP) is 9.78. The summed E-state index contributed by atoms with van der Waals surface area (Å²) in [6.45, 7) is 39.1. The summed E-state index contributed by atoms with van der Waals surface area (Å²) in [7, 11) is -2.98. The van der Waals surface area contributed by atoms with Crippen molar-refractivity contribution in [2.75, 3.05) is 6.16 Å². The molecule has 0 bridgehead atoms. The summed E-state index contributed by atoms with van der Waals surface area (Å²) in [4.78, 5) is 0. The molecule has 0 radical (unpaired) electrons. The molecule has 1 aliphatic rings. The van der Waals surface area contributed by atoms with Crippen LogP contribution in [0.3, 0.4) is 0 Å². The van der Waals surface area contributed by atoms with Gasteiger partial charge in [-0.2, -0.15) is 0 Å². The molecule has 0 saturated carbocycles. The van der Waals surface area contributed by atoms with Crippen LogP contribution in [0.5, 0.6) is 0 Å². The molecule has 38 heavy (non-hydrogen) atoms. The molecule has 2 aromatic carbocycles. The van der Waals surface area contributed by atoms with E-state index in [2.05, 4.69) is 142 Å². The first kappa shape index (κ1) is 31.2. The molecule has 0 saturated heterocycles. The second kappa shape index (κ2) is 8.83. The molecule has 0 N–H and O–H groups in total. The van der Waals surface area contributed by atoms with Crippen LogP contribution in [0.15, 0.2) is 24.3 Å². The summed E-state index contributed by atoms with van der Waals surface area (Å²) in [5.41, 5.74) is 7.28. The molecule has 1 heterocycles. The molecule has 0 spiro atoms. The van der Waals surface area contributed by atoms with Crippen molar-refractivity contribution >= 4 is 17.8 Å². The van der Waals surface area contributed by atoms with Gasteiger partial charge in [-0.3, -0.25) is 0 Å². The molecule has 1 atom stereocenters. The highest BCUT2D eigenvalue weighted by atomic mass is 31.2. The van der Waals surface area contributed by atoms with Crippen LogP contribution in [0.1, 0.15) is 151 Å². The molecule has 2 heteroatoms. The minimum Gasteiger partial charge on any atom is -0.314 e. The van der Waals surface area contributed by atoms with Crippen molar-refractivity contribution in [2.45, 2.75) is 150 Å². The molecule has 1 unspecified atom stereocenters. The van der Waals surface area contributed by atoms with Crippen LogP contribution < -0.4 is 10.6 Å². The maximum atomic E-state index is 16.2. The SMILES string of the molecule is CC(C)(C)c1cc(C(C)(C)C)c(P2(=O)CC(C)(C)c3cc(C(C)(C)C)cc(C(C)(C)C)c32)c(C(C)(C)C)c1. The lowest BCUT2D eigenvalue weighted by Crippen LogP contribution is -2.36. The van der Waals surface area contributed by atoms with E-state index in [1.807, 2.05) is 0 Å². The quantitative estimate of drug-likeness (QED) is 0.332. The van der Waals surface area contributed by atoms with Gasteiger partial charge in [0.05, 0.1) is 0 Å². The zero-order valence-corrected chi connectivity index (χ0v) is 28.8. The molecule has 0 aliphatic carbocycles. The fourth-order valence-electron chi connectivity index (χ4n) is 6.06. The summed E-state index contributed by atoms with van der Waals surface area (Å²) in [6, 6.07) is 9.59. The lowest BCUT2D eigenvalue weighted by Gasteiger charge is -2.37. The summed E-state index contributed by atoms with van der Waals surface area (Å²) in [6.07, 6.45) is 0.688. The Morgan fingerprint density at radius 2 is 0.842 bits per heavy atom. The number of fused-ring (bicyclic) bond motifs is 1. The van der Waals surface area contributed by atoms with Gasteiger partial charge in [0.1, 0.15) is 7.14 Å². The lowest BCUT2D eigenvalue weighted by molar-refractivity contribution is 0.545. The van der Waals surface area contributed by atoms with Crippen molar-refractivity contribution in [3.8, 4) is 0 Å². The minimum atomic E-state index is -2.98. The lowest BCUT2D eigenvalue weighted by atomic mass is 9.75. The Balaban J connectivity index is 2.65. The van der Waals surface area contributed by atoms with Crippen molar-refractivity contribution in [2.24, 2.45) is 0 Å². The van der Waals surface area contributed by atoms with E-state index in [1.165, 1.54) is 33.4 Å². The van der Waals surface area contributed by atoms with Gasteiger partial charge in [-0.15, -0.1) is 0 Å². The van der Waals surface area contributed by atoms with E-state index < -0.39 is 7.14 Å². The highest BCUT2D eigenvalue weighted by Crippen LogP contribution is 2.61. The van der Waals surface area contributed by atoms with E-state index in [1.54, 1.807) is 0 Å². The highest BCUT2D eigenvalue weighted by molar-refractivity contribution is 7.79. The topological polar surface area (TPSA) is 17.1 Å². The Bertz CT molecular complexity index is 1250. The van der Waals surface area contributed by atoms with Crippen LogP contribution in [0.4, 0.5) is 0 Å². The Labute approximate surface area is 236 Å². The average molecular weight is 537 g/mol. The second-order valence-corrected chi connectivity index (χ2v) is 20.6. The fraction of sp³-hybridized carbons (Fsp3) is 0.667. The van der Waals surface area contributed by atoms with Gasteiger partial charge < -0.3 is 4.57 Å². The smallest absolute Gasteiger partial charge is 0.145 e. The normalized spacial score (nSPS) is 20.6. The molecular formula is C36H57OP. The maximum Gasteiger partial charge on any atom is 0.145 e. The molecule has 2 aromatic rings. The summed E-state index contributed by atoms with van der Waals surface area (Å²) in [5.74, 6) is 0. The third kappa shape index (κ3) is 5.48. The summed E-state index contributed by atoms with van der Waals surface area (Å²) < 4.78 is 16.2. The van der Waals surface area contributed by atoms with E-state index in [-0.39, 0.29) is 32.5 Å². The Morgan fingerprint density at radius 3 is 1.16 bits per heavy atom. The Hall–Kier alpha value is -1.33. The molecule has 0 fully saturated rings. The average Bonchev–Trinajstić information content (AvgIpc) is 2.89.